The second kappa shape index (κ2) is 3.13. The van der Waals surface area contributed by atoms with Crippen LogP contribution in [0.4, 0.5) is 0 Å². The molecule has 4 rings (SSSR count). The normalized spacial score (nSPS) is 32.6. The van der Waals surface area contributed by atoms with Crippen molar-refractivity contribution in [3.63, 3.8) is 0 Å². The van der Waals surface area contributed by atoms with Crippen LogP contribution in [0.25, 0.3) is 10.9 Å². The fourth-order valence-electron chi connectivity index (χ4n) is 3.92. The van der Waals surface area contributed by atoms with E-state index in [0.717, 1.165) is 17.8 Å². The first-order valence-corrected chi connectivity index (χ1v) is 6.48. The number of aromatic nitrogens is 1. The van der Waals surface area contributed by atoms with Crippen molar-refractivity contribution in [3.8, 4) is 0 Å². The molecule has 1 N–H and O–H groups in total. The first-order valence-electron chi connectivity index (χ1n) is 6.48. The summed E-state index contributed by atoms with van der Waals surface area (Å²) in [5.41, 5.74) is 2.80. The number of benzene rings is 1. The van der Waals surface area contributed by atoms with Gasteiger partial charge in [0.15, 0.2) is 0 Å². The maximum absolute atomic E-state index is 3.62. The molecule has 1 heterocycles. The Labute approximate surface area is 95.9 Å². The molecule has 2 bridgehead atoms. The van der Waals surface area contributed by atoms with Crippen LogP contribution in [0.3, 0.4) is 0 Å². The summed E-state index contributed by atoms with van der Waals surface area (Å²) in [7, 11) is 0. The van der Waals surface area contributed by atoms with Crippen molar-refractivity contribution in [1.82, 2.24) is 4.98 Å². The zero-order chi connectivity index (χ0) is 10.5. The highest BCUT2D eigenvalue weighted by Crippen LogP contribution is 2.52. The standard InChI is InChI=1S/C15H17N/c1-2-4-14-12(3-1)9-15(16-14)13-8-10-5-6-11(13)7-10/h1-4,9-11,13,16H,5-8H2. The zero-order valence-corrected chi connectivity index (χ0v) is 9.45. The first-order chi connectivity index (χ1) is 7.90. The molecule has 2 fully saturated rings. The van der Waals surface area contributed by atoms with Crippen LogP contribution in [0.5, 0.6) is 0 Å². The molecular weight excluding hydrogens is 194 g/mol. The minimum atomic E-state index is 0.825. The second-order valence-electron chi connectivity index (χ2n) is 5.59. The van der Waals surface area contributed by atoms with E-state index in [0.29, 0.717) is 0 Å². The molecule has 0 amide bonds. The fraction of sp³-hybridized carbons (Fsp3) is 0.467. The molecular formula is C15H17N. The average molecular weight is 211 g/mol. The number of nitrogens with one attached hydrogen (secondary N) is 1. The molecule has 0 aliphatic heterocycles. The van der Waals surface area contributed by atoms with E-state index in [9.17, 15) is 0 Å². The van der Waals surface area contributed by atoms with Crippen LogP contribution in [0.15, 0.2) is 30.3 Å². The minimum Gasteiger partial charge on any atom is -0.358 e. The van der Waals surface area contributed by atoms with Crippen molar-refractivity contribution in [2.75, 3.05) is 0 Å². The molecule has 0 saturated heterocycles. The Morgan fingerprint density at radius 2 is 2.00 bits per heavy atom. The molecule has 0 radical (unpaired) electrons. The lowest BCUT2D eigenvalue weighted by molar-refractivity contribution is 0.415. The van der Waals surface area contributed by atoms with Gasteiger partial charge in [0.2, 0.25) is 0 Å². The van der Waals surface area contributed by atoms with Crippen LogP contribution in [0.2, 0.25) is 0 Å². The summed E-state index contributed by atoms with van der Waals surface area (Å²) < 4.78 is 0. The molecule has 16 heavy (non-hydrogen) atoms. The van der Waals surface area contributed by atoms with Crippen molar-refractivity contribution in [2.45, 2.75) is 31.6 Å². The van der Waals surface area contributed by atoms with Crippen LogP contribution < -0.4 is 0 Å². The van der Waals surface area contributed by atoms with Crippen LogP contribution in [0.1, 0.15) is 37.3 Å². The molecule has 2 saturated carbocycles. The van der Waals surface area contributed by atoms with Gasteiger partial charge in [-0.1, -0.05) is 24.6 Å². The molecule has 2 aliphatic rings. The number of fused-ring (bicyclic) bond motifs is 3. The summed E-state index contributed by atoms with van der Waals surface area (Å²) in [4.78, 5) is 3.62. The molecule has 1 nitrogen and oxygen atoms in total. The van der Waals surface area contributed by atoms with Gasteiger partial charge in [0.25, 0.3) is 0 Å². The van der Waals surface area contributed by atoms with E-state index in [1.54, 1.807) is 0 Å². The monoisotopic (exact) mass is 211 g/mol. The van der Waals surface area contributed by atoms with Crippen LogP contribution in [0, 0.1) is 11.8 Å². The first kappa shape index (κ1) is 8.86. The van der Waals surface area contributed by atoms with E-state index in [1.165, 1.54) is 42.3 Å². The van der Waals surface area contributed by atoms with Gasteiger partial charge in [0.1, 0.15) is 0 Å². The van der Waals surface area contributed by atoms with Gasteiger partial charge in [-0.3, -0.25) is 0 Å². The summed E-state index contributed by atoms with van der Waals surface area (Å²) in [5, 5.41) is 1.38. The molecule has 82 valence electrons. The quantitative estimate of drug-likeness (QED) is 0.731. The van der Waals surface area contributed by atoms with E-state index in [-0.39, 0.29) is 0 Å². The third kappa shape index (κ3) is 1.17. The maximum Gasteiger partial charge on any atom is 0.0456 e. The highest BCUT2D eigenvalue weighted by molar-refractivity contribution is 5.80. The third-order valence-corrected chi connectivity index (χ3v) is 4.69. The smallest absolute Gasteiger partial charge is 0.0456 e. The van der Waals surface area contributed by atoms with Gasteiger partial charge >= 0.3 is 0 Å². The third-order valence-electron chi connectivity index (χ3n) is 4.69. The van der Waals surface area contributed by atoms with Gasteiger partial charge in [0, 0.05) is 17.1 Å². The molecule has 2 aliphatic carbocycles. The largest absolute Gasteiger partial charge is 0.358 e. The molecule has 3 atom stereocenters. The van der Waals surface area contributed by atoms with Gasteiger partial charge in [0.05, 0.1) is 0 Å². The minimum absolute atomic E-state index is 0.825. The molecule has 1 aromatic carbocycles. The van der Waals surface area contributed by atoms with Crippen molar-refractivity contribution in [2.24, 2.45) is 11.8 Å². The molecule has 1 aromatic heterocycles. The topological polar surface area (TPSA) is 15.8 Å². The van der Waals surface area contributed by atoms with E-state index in [4.69, 9.17) is 0 Å². The average Bonchev–Trinajstić information content (AvgIpc) is 3.02. The maximum atomic E-state index is 3.62. The van der Waals surface area contributed by atoms with Crippen LogP contribution >= 0.6 is 0 Å². The molecule has 2 aromatic rings. The van der Waals surface area contributed by atoms with E-state index in [2.05, 4.69) is 35.3 Å². The Kier molecular flexibility index (Phi) is 1.73. The predicted octanol–water partition coefficient (Wildman–Crippen LogP) is 4.07. The Morgan fingerprint density at radius 1 is 1.06 bits per heavy atom. The Balaban J connectivity index is 1.76. The zero-order valence-electron chi connectivity index (χ0n) is 9.45. The molecule has 3 unspecified atom stereocenters. The Morgan fingerprint density at radius 3 is 2.75 bits per heavy atom. The van der Waals surface area contributed by atoms with E-state index in [1.807, 2.05) is 0 Å². The number of hydrogen-bond donors (Lipinski definition) is 1. The summed E-state index contributed by atoms with van der Waals surface area (Å²) in [6.07, 6.45) is 5.86. The molecule has 0 spiro atoms. The van der Waals surface area contributed by atoms with Gasteiger partial charge in [-0.25, -0.2) is 0 Å². The van der Waals surface area contributed by atoms with Crippen molar-refractivity contribution < 1.29 is 0 Å². The van der Waals surface area contributed by atoms with Crippen LogP contribution in [-0.2, 0) is 0 Å². The Bertz CT molecular complexity index is 492. The van der Waals surface area contributed by atoms with Crippen molar-refractivity contribution in [3.05, 3.63) is 36.0 Å². The molecule has 1 heteroatoms. The Hall–Kier alpha value is -1.24. The highest BCUT2D eigenvalue weighted by atomic mass is 14.7. The van der Waals surface area contributed by atoms with Gasteiger partial charge in [-0.05, 0) is 48.6 Å². The number of rotatable bonds is 1. The van der Waals surface area contributed by atoms with Crippen LogP contribution in [-0.4, -0.2) is 4.98 Å². The number of hydrogen-bond acceptors (Lipinski definition) is 0. The highest BCUT2D eigenvalue weighted by Gasteiger charge is 2.40. The lowest BCUT2D eigenvalue weighted by Crippen LogP contribution is -2.08. The second-order valence-corrected chi connectivity index (χ2v) is 5.59. The number of aromatic amines is 1. The summed E-state index contributed by atoms with van der Waals surface area (Å²) >= 11 is 0. The number of para-hydroxylation sites is 1. The van der Waals surface area contributed by atoms with Gasteiger partial charge in [-0.15, -0.1) is 0 Å². The van der Waals surface area contributed by atoms with E-state index >= 15 is 0 Å². The summed E-state index contributed by atoms with van der Waals surface area (Å²) in [6.45, 7) is 0. The van der Waals surface area contributed by atoms with Crippen molar-refractivity contribution in [1.29, 1.82) is 0 Å². The number of H-pyrrole nitrogens is 1. The van der Waals surface area contributed by atoms with Gasteiger partial charge < -0.3 is 4.98 Å². The summed E-state index contributed by atoms with van der Waals surface area (Å²) in [5.74, 6) is 2.82. The lowest BCUT2D eigenvalue weighted by atomic mass is 9.86. The predicted molar refractivity (Wildman–Crippen MR) is 66.5 cm³/mol. The summed E-state index contributed by atoms with van der Waals surface area (Å²) in [6, 6.07) is 11.0. The SMILES string of the molecule is c1ccc2[nH]c(C3CC4CCC3C4)cc2c1. The fourth-order valence-corrected chi connectivity index (χ4v) is 3.92. The van der Waals surface area contributed by atoms with Gasteiger partial charge in [-0.2, -0.15) is 0 Å². The lowest BCUT2D eigenvalue weighted by Gasteiger charge is -2.20. The van der Waals surface area contributed by atoms with Crippen molar-refractivity contribution >= 4 is 10.9 Å². The van der Waals surface area contributed by atoms with E-state index < -0.39 is 0 Å².